The minimum Gasteiger partial charge on any atom is -0.115 e. The number of rotatable bonds is 3. The molecule has 0 fully saturated rings. The van der Waals surface area contributed by atoms with Crippen molar-refractivity contribution in [3.63, 3.8) is 0 Å². The topological polar surface area (TPSA) is 0 Å². The van der Waals surface area contributed by atoms with Crippen LogP contribution in [0.5, 0.6) is 0 Å². The van der Waals surface area contributed by atoms with Gasteiger partial charge in [0.1, 0.15) is 0 Å². The summed E-state index contributed by atoms with van der Waals surface area (Å²) in [6.45, 7) is 0. The van der Waals surface area contributed by atoms with Crippen LogP contribution in [0.15, 0.2) is 64.1 Å². The summed E-state index contributed by atoms with van der Waals surface area (Å²) in [4.78, 5) is 0. The number of fused-ring (bicyclic) bond motifs is 1. The highest BCUT2D eigenvalue weighted by Crippen LogP contribution is 2.27. The van der Waals surface area contributed by atoms with Crippen LogP contribution in [0, 0.1) is 12.3 Å². The second-order valence-corrected chi connectivity index (χ2v) is 5.35. The van der Waals surface area contributed by atoms with Gasteiger partial charge in [-0.15, -0.1) is 6.42 Å². The second-order valence-electron chi connectivity index (χ2n) is 4.05. The zero-order valence-electron chi connectivity index (χ0n) is 10.2. The first kappa shape index (κ1) is 13.9. The first-order valence-electron chi connectivity index (χ1n) is 5.87. The monoisotopic (exact) mass is 330 g/mol. The van der Waals surface area contributed by atoms with E-state index in [0.717, 1.165) is 10.9 Å². The van der Waals surface area contributed by atoms with Crippen molar-refractivity contribution in [1.29, 1.82) is 0 Å². The van der Waals surface area contributed by atoms with Gasteiger partial charge in [0, 0.05) is 15.6 Å². The van der Waals surface area contributed by atoms with E-state index in [9.17, 15) is 0 Å². The van der Waals surface area contributed by atoms with E-state index in [1.54, 1.807) is 0 Å². The molecule has 0 bridgehead atoms. The number of hydrogen-bond acceptors (Lipinski definition) is 0. The molecule has 2 rings (SSSR count). The van der Waals surface area contributed by atoms with Gasteiger partial charge in [-0.25, -0.2) is 0 Å². The van der Waals surface area contributed by atoms with E-state index >= 15 is 0 Å². The molecule has 0 aliphatic carbocycles. The first-order chi connectivity index (χ1) is 9.22. The van der Waals surface area contributed by atoms with Crippen LogP contribution in [-0.2, 0) is 6.42 Å². The van der Waals surface area contributed by atoms with Crippen molar-refractivity contribution >= 4 is 38.3 Å². The third-order valence-corrected chi connectivity index (χ3v) is 3.72. The van der Waals surface area contributed by atoms with E-state index in [1.807, 2.05) is 24.3 Å². The van der Waals surface area contributed by atoms with Gasteiger partial charge < -0.3 is 0 Å². The number of allylic oxidation sites excluding steroid dienone is 4. The highest BCUT2D eigenvalue weighted by molar-refractivity contribution is 9.10. The predicted octanol–water partition coefficient (Wildman–Crippen LogP) is 5.46. The van der Waals surface area contributed by atoms with Crippen molar-refractivity contribution in [3.05, 3.63) is 69.7 Å². The molecule has 0 saturated heterocycles. The molecule has 0 atom stereocenters. The Morgan fingerprint density at radius 1 is 1.21 bits per heavy atom. The van der Waals surface area contributed by atoms with Crippen LogP contribution >= 0.6 is 27.5 Å². The van der Waals surface area contributed by atoms with Crippen LogP contribution in [0.1, 0.15) is 5.56 Å². The molecule has 0 heterocycles. The molecule has 0 unspecified atom stereocenters. The van der Waals surface area contributed by atoms with Crippen molar-refractivity contribution in [3.8, 4) is 12.3 Å². The van der Waals surface area contributed by atoms with Crippen molar-refractivity contribution in [1.82, 2.24) is 0 Å². The van der Waals surface area contributed by atoms with Crippen molar-refractivity contribution in [2.45, 2.75) is 6.42 Å². The van der Waals surface area contributed by atoms with E-state index in [0.29, 0.717) is 5.03 Å². The van der Waals surface area contributed by atoms with Crippen molar-refractivity contribution in [2.75, 3.05) is 0 Å². The van der Waals surface area contributed by atoms with E-state index in [2.05, 4.69) is 46.1 Å². The summed E-state index contributed by atoms with van der Waals surface area (Å²) < 4.78 is 1.11. The van der Waals surface area contributed by atoms with E-state index in [1.165, 1.54) is 22.4 Å². The summed E-state index contributed by atoms with van der Waals surface area (Å²) in [6, 6.07) is 12.5. The molecule has 2 heteroatoms. The molecule has 2 aromatic rings. The highest BCUT2D eigenvalue weighted by Gasteiger charge is 2.02. The van der Waals surface area contributed by atoms with Gasteiger partial charge >= 0.3 is 0 Å². The van der Waals surface area contributed by atoms with E-state index < -0.39 is 0 Å². The molecule has 0 radical (unpaired) electrons. The molecular formula is C17H12BrCl. The average molecular weight is 332 g/mol. The third-order valence-electron chi connectivity index (χ3n) is 2.80. The molecule has 94 valence electrons. The summed E-state index contributed by atoms with van der Waals surface area (Å²) in [6.07, 6.45) is 11.4. The highest BCUT2D eigenvalue weighted by atomic mass is 79.9. The van der Waals surface area contributed by atoms with Crippen LogP contribution in [0.4, 0.5) is 0 Å². The van der Waals surface area contributed by atoms with Gasteiger partial charge in [-0.2, -0.15) is 0 Å². The van der Waals surface area contributed by atoms with Gasteiger partial charge in [0.2, 0.25) is 0 Å². The smallest absolute Gasteiger partial charge is 0.0486 e. The van der Waals surface area contributed by atoms with E-state index in [4.69, 9.17) is 18.0 Å². The lowest BCUT2D eigenvalue weighted by Gasteiger charge is -2.06. The zero-order chi connectivity index (χ0) is 13.7. The normalized spacial score (nSPS) is 11.9. The molecule has 0 N–H and O–H groups in total. The molecule has 0 aliphatic rings. The summed E-state index contributed by atoms with van der Waals surface area (Å²) >= 11 is 9.49. The largest absolute Gasteiger partial charge is 0.115 e. The fraction of sp³-hybridized carbons (Fsp3) is 0.0588. The Bertz CT molecular complexity index is 690. The first-order valence-corrected chi connectivity index (χ1v) is 7.04. The van der Waals surface area contributed by atoms with Crippen LogP contribution in [0.2, 0.25) is 0 Å². The van der Waals surface area contributed by atoms with E-state index in [-0.39, 0.29) is 0 Å². The fourth-order valence-corrected chi connectivity index (χ4v) is 2.56. The van der Waals surface area contributed by atoms with Crippen LogP contribution < -0.4 is 0 Å². The maximum atomic E-state index is 5.91. The lowest BCUT2D eigenvalue weighted by molar-refractivity contribution is 1.30. The lowest BCUT2D eigenvalue weighted by atomic mass is 10.0. The van der Waals surface area contributed by atoms with Gasteiger partial charge in [0.25, 0.3) is 0 Å². The maximum absolute atomic E-state index is 5.91. The molecule has 19 heavy (non-hydrogen) atoms. The Morgan fingerprint density at radius 3 is 2.68 bits per heavy atom. The number of hydrogen-bond donors (Lipinski definition) is 0. The molecule has 2 aromatic carbocycles. The standard InChI is InChI=1S/C17H12BrCl/c1-2-6-14(19)8-5-7-13-11-12-17(18)16-10-4-3-9-15(13)16/h1,3-6,8-12H,7H2/b8-5-,14-6+. The Labute approximate surface area is 126 Å². The average Bonchev–Trinajstić information content (AvgIpc) is 2.42. The molecular weight excluding hydrogens is 320 g/mol. The van der Waals surface area contributed by atoms with Gasteiger partial charge in [0.05, 0.1) is 0 Å². The summed E-state index contributed by atoms with van der Waals surface area (Å²) in [7, 11) is 0. The molecule has 0 nitrogen and oxygen atoms in total. The minimum absolute atomic E-state index is 0.573. The molecule has 0 saturated carbocycles. The Kier molecular flexibility index (Phi) is 4.85. The second kappa shape index (κ2) is 6.61. The number of halogens is 2. The van der Waals surface area contributed by atoms with Crippen LogP contribution in [0.25, 0.3) is 10.8 Å². The molecule has 0 aromatic heterocycles. The fourth-order valence-electron chi connectivity index (χ4n) is 1.93. The molecule has 0 spiro atoms. The zero-order valence-corrected chi connectivity index (χ0v) is 12.6. The summed E-state index contributed by atoms with van der Waals surface area (Å²) in [5.41, 5.74) is 1.26. The number of terminal acetylenes is 1. The molecule has 0 aliphatic heterocycles. The van der Waals surface area contributed by atoms with Gasteiger partial charge in [-0.1, -0.05) is 69.9 Å². The third kappa shape index (κ3) is 3.50. The van der Waals surface area contributed by atoms with Gasteiger partial charge in [0.15, 0.2) is 0 Å². The number of benzene rings is 2. The van der Waals surface area contributed by atoms with Crippen molar-refractivity contribution < 1.29 is 0 Å². The van der Waals surface area contributed by atoms with Crippen LogP contribution in [0.3, 0.4) is 0 Å². The Balaban J connectivity index is 2.30. The van der Waals surface area contributed by atoms with Gasteiger partial charge in [-0.3, -0.25) is 0 Å². The van der Waals surface area contributed by atoms with Gasteiger partial charge in [-0.05, 0) is 34.9 Å². The predicted molar refractivity (Wildman–Crippen MR) is 87.3 cm³/mol. The lowest BCUT2D eigenvalue weighted by Crippen LogP contribution is -1.85. The SMILES string of the molecule is C#C/C=C(Cl)\C=C/Cc1ccc(Br)c2ccccc12. The summed E-state index contributed by atoms with van der Waals surface area (Å²) in [5.74, 6) is 2.40. The van der Waals surface area contributed by atoms with Crippen molar-refractivity contribution in [2.24, 2.45) is 0 Å². The Hall–Kier alpha value is -1.49. The molecule has 0 amide bonds. The minimum atomic E-state index is 0.573. The maximum Gasteiger partial charge on any atom is 0.0486 e. The Morgan fingerprint density at radius 2 is 1.95 bits per heavy atom. The van der Waals surface area contributed by atoms with Crippen LogP contribution in [-0.4, -0.2) is 0 Å². The summed E-state index contributed by atoms with van der Waals surface area (Å²) in [5, 5.41) is 3.04. The quantitative estimate of drug-likeness (QED) is 0.518.